The van der Waals surface area contributed by atoms with Crippen LogP contribution in [0.1, 0.15) is 17.0 Å². The van der Waals surface area contributed by atoms with E-state index in [1.165, 1.54) is 6.08 Å². The molecule has 0 aliphatic carbocycles. The van der Waals surface area contributed by atoms with E-state index < -0.39 is 12.1 Å². The van der Waals surface area contributed by atoms with Crippen LogP contribution in [0.15, 0.2) is 36.4 Å². The first-order valence-corrected chi connectivity index (χ1v) is 8.51. The third-order valence-corrected chi connectivity index (χ3v) is 4.97. The van der Waals surface area contributed by atoms with Crippen LogP contribution in [0.4, 0.5) is 18.9 Å². The molecule has 1 atom stereocenters. The summed E-state index contributed by atoms with van der Waals surface area (Å²) in [5.74, 6) is -1.89. The smallest absolute Gasteiger partial charge is 0.387 e. The van der Waals surface area contributed by atoms with Crippen molar-refractivity contribution in [3.05, 3.63) is 67.6 Å². The van der Waals surface area contributed by atoms with E-state index in [4.69, 9.17) is 46.4 Å². The Morgan fingerprint density at radius 3 is 2.04 bits per heavy atom. The largest absolute Gasteiger partial charge is 0.399 e. The normalized spacial score (nSPS) is 13.3. The monoisotopic (exact) mass is 427 g/mol. The van der Waals surface area contributed by atoms with Gasteiger partial charge in [0, 0.05) is 7.05 Å². The molecule has 0 fully saturated rings. The number of halogens is 7. The van der Waals surface area contributed by atoms with Crippen molar-refractivity contribution in [3.8, 4) is 0 Å². The molecule has 25 heavy (non-hydrogen) atoms. The molecule has 0 radical (unpaired) electrons. The van der Waals surface area contributed by atoms with Gasteiger partial charge in [0.25, 0.3) is 0 Å². The standard InChI is InChI=1S/C17H12Cl4F3N/c1-25-15-5-3-9(6-12(15)18)2-4-11(17(22,23)24)10-7-13(19)16(21)14(20)8-10/h2-8,11,25H,1H3/b4-2+. The number of hydrogen-bond acceptors (Lipinski definition) is 1. The molecule has 0 bridgehead atoms. The van der Waals surface area contributed by atoms with Crippen LogP contribution in [0, 0.1) is 0 Å². The van der Waals surface area contributed by atoms with Gasteiger partial charge in [-0.1, -0.05) is 64.6 Å². The molecule has 2 aromatic carbocycles. The lowest BCUT2D eigenvalue weighted by Gasteiger charge is -2.18. The predicted molar refractivity (Wildman–Crippen MR) is 100 cm³/mol. The Labute approximate surface area is 163 Å². The number of rotatable bonds is 4. The molecule has 0 aromatic heterocycles. The molecule has 0 saturated heterocycles. The molecule has 0 heterocycles. The van der Waals surface area contributed by atoms with E-state index in [9.17, 15) is 13.2 Å². The summed E-state index contributed by atoms with van der Waals surface area (Å²) in [6.45, 7) is 0. The van der Waals surface area contributed by atoms with Crippen LogP contribution in [-0.4, -0.2) is 13.2 Å². The SMILES string of the molecule is CNc1ccc(/C=C/C(c2cc(Cl)c(Cl)c(Cl)c2)C(F)(F)F)cc1Cl. The van der Waals surface area contributed by atoms with E-state index in [-0.39, 0.29) is 20.6 Å². The summed E-state index contributed by atoms with van der Waals surface area (Å²) in [7, 11) is 1.70. The first-order chi connectivity index (χ1) is 11.6. The van der Waals surface area contributed by atoms with E-state index in [2.05, 4.69) is 5.32 Å². The molecule has 0 aliphatic heterocycles. The van der Waals surface area contributed by atoms with E-state index in [0.29, 0.717) is 16.3 Å². The van der Waals surface area contributed by atoms with Crippen LogP contribution in [0.5, 0.6) is 0 Å². The van der Waals surface area contributed by atoms with Crippen molar-refractivity contribution in [2.24, 2.45) is 0 Å². The minimum absolute atomic E-state index is 0.0198. The molecule has 1 N–H and O–H groups in total. The molecule has 134 valence electrons. The van der Waals surface area contributed by atoms with Crippen molar-refractivity contribution < 1.29 is 13.2 Å². The maximum absolute atomic E-state index is 13.5. The molecular weight excluding hydrogens is 417 g/mol. The van der Waals surface area contributed by atoms with Crippen molar-refractivity contribution in [2.75, 3.05) is 12.4 Å². The number of allylic oxidation sites excluding steroid dienone is 1. The highest BCUT2D eigenvalue weighted by atomic mass is 35.5. The van der Waals surface area contributed by atoms with Crippen LogP contribution >= 0.6 is 46.4 Å². The van der Waals surface area contributed by atoms with Crippen molar-refractivity contribution in [2.45, 2.75) is 12.1 Å². The quantitative estimate of drug-likeness (QED) is 0.492. The predicted octanol–water partition coefficient (Wildman–Crippen LogP) is 7.70. The Kier molecular flexibility index (Phi) is 6.55. The zero-order valence-corrected chi connectivity index (χ0v) is 15.8. The van der Waals surface area contributed by atoms with Gasteiger partial charge < -0.3 is 5.32 Å². The second-order valence-electron chi connectivity index (χ2n) is 5.17. The minimum atomic E-state index is -4.52. The van der Waals surface area contributed by atoms with Gasteiger partial charge >= 0.3 is 6.18 Å². The number of anilines is 1. The van der Waals surface area contributed by atoms with Crippen molar-refractivity contribution >= 4 is 58.2 Å². The number of benzene rings is 2. The molecule has 2 aromatic rings. The Morgan fingerprint density at radius 1 is 0.960 bits per heavy atom. The van der Waals surface area contributed by atoms with E-state index in [1.807, 2.05) is 0 Å². The van der Waals surface area contributed by atoms with Gasteiger partial charge in [0.2, 0.25) is 0 Å². The third-order valence-electron chi connectivity index (χ3n) is 3.46. The first-order valence-electron chi connectivity index (χ1n) is 7.00. The van der Waals surface area contributed by atoms with Gasteiger partial charge in [0.15, 0.2) is 0 Å². The minimum Gasteiger partial charge on any atom is -0.387 e. The summed E-state index contributed by atoms with van der Waals surface area (Å²) in [5.41, 5.74) is 1.12. The Morgan fingerprint density at radius 2 is 1.56 bits per heavy atom. The molecule has 0 spiro atoms. The van der Waals surface area contributed by atoms with Gasteiger partial charge in [-0.15, -0.1) is 0 Å². The van der Waals surface area contributed by atoms with Crippen LogP contribution < -0.4 is 5.32 Å². The molecule has 1 unspecified atom stereocenters. The van der Waals surface area contributed by atoms with E-state index >= 15 is 0 Å². The number of hydrogen-bond donors (Lipinski definition) is 1. The van der Waals surface area contributed by atoms with E-state index in [0.717, 1.165) is 18.2 Å². The highest BCUT2D eigenvalue weighted by Gasteiger charge is 2.39. The summed E-state index contributed by atoms with van der Waals surface area (Å²) < 4.78 is 40.4. The van der Waals surface area contributed by atoms with Crippen LogP contribution in [0.25, 0.3) is 6.08 Å². The van der Waals surface area contributed by atoms with Gasteiger partial charge in [0.05, 0.1) is 31.7 Å². The van der Waals surface area contributed by atoms with Crippen LogP contribution in [0.3, 0.4) is 0 Å². The average molecular weight is 429 g/mol. The maximum Gasteiger partial charge on any atom is 0.399 e. The highest BCUT2D eigenvalue weighted by molar-refractivity contribution is 6.48. The molecule has 8 heteroatoms. The van der Waals surface area contributed by atoms with Gasteiger partial charge in [-0.3, -0.25) is 0 Å². The topological polar surface area (TPSA) is 12.0 Å². The summed E-state index contributed by atoms with van der Waals surface area (Å²) >= 11 is 23.6. The van der Waals surface area contributed by atoms with Crippen molar-refractivity contribution in [3.63, 3.8) is 0 Å². The number of alkyl halides is 3. The second kappa shape index (κ2) is 8.09. The Bertz CT molecular complexity index is 780. The maximum atomic E-state index is 13.5. The van der Waals surface area contributed by atoms with Crippen molar-refractivity contribution in [1.82, 2.24) is 0 Å². The Balaban J connectivity index is 2.41. The molecular formula is C17H12Cl4F3N. The van der Waals surface area contributed by atoms with Crippen LogP contribution in [0.2, 0.25) is 20.1 Å². The molecule has 0 aliphatic rings. The third kappa shape index (κ3) is 4.98. The second-order valence-corrected chi connectivity index (χ2v) is 6.77. The molecule has 2 rings (SSSR count). The average Bonchev–Trinajstić information content (AvgIpc) is 2.51. The van der Waals surface area contributed by atoms with E-state index in [1.54, 1.807) is 25.2 Å². The zero-order valence-electron chi connectivity index (χ0n) is 12.8. The lowest BCUT2D eigenvalue weighted by molar-refractivity contribution is -0.139. The summed E-state index contributed by atoms with van der Waals surface area (Å²) in [6.07, 6.45) is -2.15. The summed E-state index contributed by atoms with van der Waals surface area (Å²) in [6, 6.07) is 7.23. The van der Waals surface area contributed by atoms with Gasteiger partial charge in [0.1, 0.15) is 0 Å². The van der Waals surface area contributed by atoms with Crippen molar-refractivity contribution in [1.29, 1.82) is 0 Å². The lowest BCUT2D eigenvalue weighted by atomic mass is 9.97. The zero-order chi connectivity index (χ0) is 18.8. The van der Waals surface area contributed by atoms with Gasteiger partial charge in [-0.05, 0) is 35.4 Å². The van der Waals surface area contributed by atoms with Crippen LogP contribution in [-0.2, 0) is 0 Å². The van der Waals surface area contributed by atoms with Gasteiger partial charge in [-0.25, -0.2) is 0 Å². The molecule has 0 saturated carbocycles. The fraction of sp³-hybridized carbons (Fsp3) is 0.176. The molecule has 0 amide bonds. The van der Waals surface area contributed by atoms with Gasteiger partial charge in [-0.2, -0.15) is 13.2 Å². The summed E-state index contributed by atoms with van der Waals surface area (Å²) in [5, 5.41) is 3.24. The Hall–Kier alpha value is -1.07. The first kappa shape index (κ1) is 20.2. The lowest BCUT2D eigenvalue weighted by Crippen LogP contribution is -2.19. The fourth-order valence-corrected chi connectivity index (χ4v) is 3.11. The molecule has 1 nitrogen and oxygen atoms in total. The number of nitrogens with one attached hydrogen (secondary N) is 1. The highest BCUT2D eigenvalue weighted by Crippen LogP contribution is 2.41. The summed E-state index contributed by atoms with van der Waals surface area (Å²) in [4.78, 5) is 0. The fourth-order valence-electron chi connectivity index (χ4n) is 2.21.